The molecule has 17 nitrogen and oxygen atoms in total. The molecular formula is C115H141BrCl2F3N5O12. The number of nitrogens with zero attached hydrogens (tertiary/aromatic N) is 3. The zero-order valence-corrected chi connectivity index (χ0v) is 86.6. The Kier molecular flexibility index (Phi) is 52.1. The molecule has 7 N–H and O–H groups in total. The van der Waals surface area contributed by atoms with Gasteiger partial charge in [-0.3, -0.25) is 14.7 Å². The molecule has 1 fully saturated rings. The lowest BCUT2D eigenvalue weighted by atomic mass is 9.83. The average Bonchev–Trinajstić information content (AvgIpc) is 0.765. The second-order valence-corrected chi connectivity index (χ2v) is 38.2. The summed E-state index contributed by atoms with van der Waals surface area (Å²) in [6, 6.07) is 66.0. The van der Waals surface area contributed by atoms with Crippen molar-refractivity contribution in [2.75, 3.05) is 53.4 Å². The fraction of sp³-hybridized carbons (Fsp3) is 0.374. The molecule has 0 saturated carbocycles. The zero-order chi connectivity index (χ0) is 105. The molecule has 23 heteroatoms. The number of ether oxygens (including phenoxy) is 4. The van der Waals surface area contributed by atoms with Crippen molar-refractivity contribution in [2.24, 2.45) is 5.73 Å². The van der Waals surface area contributed by atoms with Gasteiger partial charge in [0.05, 0.1) is 54.8 Å². The van der Waals surface area contributed by atoms with Gasteiger partial charge in [-0.05, 0) is 237 Å². The van der Waals surface area contributed by atoms with E-state index in [0.29, 0.717) is 87.9 Å². The number of carbonyl (C=O) groups excluding carboxylic acids is 4. The third kappa shape index (κ3) is 44.7. The van der Waals surface area contributed by atoms with Gasteiger partial charge in [-0.25, -0.2) is 32.3 Å². The topological polar surface area (TPSA) is 234 Å². The normalized spacial score (nSPS) is 14.2. The van der Waals surface area contributed by atoms with Crippen molar-refractivity contribution < 1.29 is 71.7 Å². The number of carbonyl (C=O) groups is 4. The van der Waals surface area contributed by atoms with E-state index in [1.54, 1.807) is 82.8 Å². The molecule has 9 rings (SSSR count). The van der Waals surface area contributed by atoms with Gasteiger partial charge in [0.15, 0.2) is 0 Å². The van der Waals surface area contributed by atoms with Crippen LogP contribution in [0.1, 0.15) is 207 Å². The SMILES string of the molecule is C#CC(C)(C)N.C#CC(C)(C)N(CCC(O)(CC(=C)C)c1ccccc1)C(=O)OC.C#CC(C)(C)NCCC(O)(CC(=C)C)c1ccccc1.C=C(C)CC(O)(CCCl)c1ccccc1.C=C(C)CC(O)(CCN(C(=O)OC)C(C)(C)C#Cc1ccc(F)cc1)c1ccccc1.C=C(C)CC1(c2ccccc2)CCN(C(C)(C)C#Cc2ccc(F)cc2)C(=O)O1.COC(=O)Cl.Fc1ccc(Br)cc1. The lowest BCUT2D eigenvalue weighted by Crippen LogP contribution is -2.55. The summed E-state index contributed by atoms with van der Waals surface area (Å²) in [7, 11) is 3.85. The highest BCUT2D eigenvalue weighted by atomic mass is 79.9. The second kappa shape index (κ2) is 58.8. The minimum Gasteiger partial charge on any atom is -0.457 e. The predicted molar refractivity (Wildman–Crippen MR) is 560 cm³/mol. The van der Waals surface area contributed by atoms with Crippen molar-refractivity contribution in [3.63, 3.8) is 0 Å². The number of methoxy groups -OCH3 is 3. The van der Waals surface area contributed by atoms with Crippen molar-refractivity contribution in [2.45, 2.75) is 224 Å². The van der Waals surface area contributed by atoms with E-state index in [2.05, 4.69) is 112 Å². The Morgan fingerprint density at radius 2 is 0.812 bits per heavy atom. The number of nitrogens with one attached hydrogen (secondary N) is 1. The van der Waals surface area contributed by atoms with Gasteiger partial charge in [0.1, 0.15) is 39.7 Å². The number of halogens is 6. The number of amides is 3. The highest BCUT2D eigenvalue weighted by molar-refractivity contribution is 9.10. The quantitative estimate of drug-likeness (QED) is 0.00808. The van der Waals surface area contributed by atoms with Gasteiger partial charge in [0.25, 0.3) is 0 Å². The van der Waals surface area contributed by atoms with E-state index in [9.17, 15) is 52.8 Å². The molecule has 740 valence electrons. The Morgan fingerprint density at radius 1 is 0.493 bits per heavy atom. The van der Waals surface area contributed by atoms with Crippen LogP contribution in [-0.2, 0) is 47.0 Å². The number of cyclic esters (lactones) is 1. The minimum atomic E-state index is -1.18. The van der Waals surface area contributed by atoms with Crippen LogP contribution in [0.2, 0.25) is 0 Å². The first-order valence-corrected chi connectivity index (χ1v) is 46.5. The predicted octanol–water partition coefficient (Wildman–Crippen LogP) is 25.3. The molecule has 0 radical (unpaired) electrons. The third-order valence-electron chi connectivity index (χ3n) is 21.4. The van der Waals surface area contributed by atoms with Gasteiger partial charge >= 0.3 is 23.7 Å². The lowest BCUT2D eigenvalue weighted by Gasteiger charge is -2.45. The summed E-state index contributed by atoms with van der Waals surface area (Å²) in [5, 5.41) is 47.4. The van der Waals surface area contributed by atoms with Gasteiger partial charge < -0.3 is 50.4 Å². The Morgan fingerprint density at radius 3 is 1.10 bits per heavy atom. The van der Waals surface area contributed by atoms with E-state index in [0.717, 1.165) is 60.2 Å². The van der Waals surface area contributed by atoms with Crippen molar-refractivity contribution in [3.8, 4) is 60.7 Å². The van der Waals surface area contributed by atoms with Crippen molar-refractivity contribution in [1.29, 1.82) is 0 Å². The van der Waals surface area contributed by atoms with E-state index in [1.165, 1.54) is 67.5 Å². The molecule has 0 spiro atoms. The Labute approximate surface area is 838 Å². The van der Waals surface area contributed by atoms with E-state index in [1.807, 2.05) is 214 Å². The fourth-order valence-corrected chi connectivity index (χ4v) is 14.7. The van der Waals surface area contributed by atoms with Crippen molar-refractivity contribution >= 4 is 62.8 Å². The maximum absolute atomic E-state index is 13.1. The number of alkyl halides is 1. The fourth-order valence-electron chi connectivity index (χ4n) is 14.1. The number of rotatable bonds is 30. The molecule has 0 aromatic heterocycles. The van der Waals surface area contributed by atoms with Crippen LogP contribution in [0.3, 0.4) is 0 Å². The summed E-state index contributed by atoms with van der Waals surface area (Å²) in [6.45, 7) is 49.2. The first-order valence-electron chi connectivity index (χ1n) is 44.8. The minimum absolute atomic E-state index is 0.201. The molecule has 1 heterocycles. The molecule has 1 saturated heterocycles. The Hall–Kier alpha value is -11.9. The third-order valence-corrected chi connectivity index (χ3v) is 22.3. The maximum atomic E-state index is 13.1. The molecule has 0 bridgehead atoms. The number of hydrogen-bond acceptors (Lipinski definition) is 14. The maximum Gasteiger partial charge on any atom is 0.411 e. The van der Waals surface area contributed by atoms with Crippen LogP contribution in [0, 0.1) is 78.2 Å². The number of benzene rings is 8. The standard InChI is InChI=1S/C26H30FNO3.C25H26FNO2.C20H27NO3.C18H25NO.C13H17ClO.C6H4BrF.C5H9N.C2H3ClO2/c1-20(2)19-26(30,22-9-7-6-8-10-22)17-18-28(24(29)31-5)25(3,4)16-15-21-11-13-23(27)14-12-21;1-19(2)18-25(21-8-6-5-7-9-21)16-17-27(23(28)29-25)24(3,4)15-14-20-10-12-22(26)13-11-20;1-7-19(4,5)21(18(22)24-6)14-13-20(23,15-16(2)3)17-11-9-8-10-12-17;1-6-17(4,5)19-13-12-18(20,14-15(2)3)16-10-8-7-9-11-16;1-11(2)10-13(15,8-9-14)12-6-4-3-5-7-12;7-5-1-3-6(8)4-2-5;1-4-5(2,3)6;1-5-2(3)4/h6-14,30H,1,17-19H2,2-5H3;5-13H,1,16-18H2,2-4H3;1,8-12,23H,2,13-15H2,3-6H3;1,7-11,19-20H,2,12-14H2,3-5H3;3-7,15H,1,8-10H2,2H3;1-4H;1H,6H2,2-3H3;1H3. The number of hydrogen-bond donors (Lipinski definition) is 6. The number of aliphatic hydroxyl groups is 4. The number of nitrogens with two attached hydrogens (primary N) is 1. The first-order chi connectivity index (χ1) is 64.4. The van der Waals surface area contributed by atoms with E-state index in [-0.39, 0.29) is 48.6 Å². The molecular weight excluding hydrogens is 1850 g/mol. The molecule has 0 aliphatic carbocycles. The van der Waals surface area contributed by atoms with E-state index < -0.39 is 67.8 Å². The van der Waals surface area contributed by atoms with E-state index in [4.69, 9.17) is 50.8 Å². The Bertz CT molecular complexity index is 5430. The summed E-state index contributed by atoms with van der Waals surface area (Å²) in [5.74, 6) is 19.5. The highest BCUT2D eigenvalue weighted by Crippen LogP contribution is 2.42. The first kappa shape index (κ1) is 122. The van der Waals surface area contributed by atoms with Gasteiger partial charge in [-0.2, -0.15) is 0 Å². The van der Waals surface area contributed by atoms with Gasteiger partial charge in [0, 0.05) is 91.2 Å². The molecule has 5 atom stereocenters. The molecule has 8 aromatic carbocycles. The lowest BCUT2D eigenvalue weighted by molar-refractivity contribution is -0.0653. The van der Waals surface area contributed by atoms with Crippen LogP contribution in [0.4, 0.5) is 32.3 Å². The monoisotopic (exact) mass is 1990 g/mol. The smallest absolute Gasteiger partial charge is 0.411 e. The molecule has 3 amide bonds. The van der Waals surface area contributed by atoms with Crippen molar-refractivity contribution in [1.82, 2.24) is 20.0 Å². The molecule has 138 heavy (non-hydrogen) atoms. The van der Waals surface area contributed by atoms with Crippen LogP contribution in [0.25, 0.3) is 0 Å². The van der Waals surface area contributed by atoms with Crippen LogP contribution in [-0.4, -0.2) is 140 Å². The van der Waals surface area contributed by atoms with E-state index >= 15 is 0 Å². The second-order valence-electron chi connectivity index (χ2n) is 36.6. The van der Waals surface area contributed by atoms with Crippen LogP contribution in [0.15, 0.2) is 290 Å². The molecule has 8 aromatic rings. The average molecular weight is 1990 g/mol. The summed E-state index contributed by atoms with van der Waals surface area (Å²) >= 11 is 13.5. The summed E-state index contributed by atoms with van der Waals surface area (Å²) < 4.78 is 58.9. The van der Waals surface area contributed by atoms with Crippen LogP contribution >= 0.6 is 39.1 Å². The summed E-state index contributed by atoms with van der Waals surface area (Å²) in [4.78, 5) is 51.7. The Balaban J connectivity index is 0.000000563. The largest absolute Gasteiger partial charge is 0.457 e. The van der Waals surface area contributed by atoms with Crippen LogP contribution < -0.4 is 11.1 Å². The summed E-state index contributed by atoms with van der Waals surface area (Å²) in [5.41, 5.74) is 6.83. The zero-order valence-electron chi connectivity index (χ0n) is 83.5. The highest BCUT2D eigenvalue weighted by Gasteiger charge is 2.46. The van der Waals surface area contributed by atoms with Crippen LogP contribution in [0.5, 0.6) is 0 Å². The molecule has 1 aliphatic rings. The van der Waals surface area contributed by atoms with Gasteiger partial charge in [-0.15, -0.1) is 57.2 Å². The van der Waals surface area contributed by atoms with Crippen molar-refractivity contribution in [3.05, 3.63) is 346 Å². The summed E-state index contributed by atoms with van der Waals surface area (Å²) in [6.07, 6.45) is 19.4. The van der Waals surface area contributed by atoms with Gasteiger partial charge in [-0.1, -0.05) is 243 Å². The number of terminal acetylenes is 3. The van der Waals surface area contributed by atoms with Gasteiger partial charge in [0.2, 0.25) is 0 Å². The molecule has 1 aliphatic heterocycles. The molecule has 5 unspecified atom stereocenters.